The van der Waals surface area contributed by atoms with Gasteiger partial charge in [0.25, 0.3) is 5.91 Å². The van der Waals surface area contributed by atoms with E-state index in [4.69, 9.17) is 9.84 Å². The van der Waals surface area contributed by atoms with Crippen molar-refractivity contribution in [1.82, 2.24) is 4.90 Å². The summed E-state index contributed by atoms with van der Waals surface area (Å²) in [4.78, 5) is 14.1. The van der Waals surface area contributed by atoms with Crippen molar-refractivity contribution in [1.29, 1.82) is 0 Å². The summed E-state index contributed by atoms with van der Waals surface area (Å²) in [5.41, 5.74) is 2.36. The zero-order valence-corrected chi connectivity index (χ0v) is 11.3. The van der Waals surface area contributed by atoms with Crippen molar-refractivity contribution < 1.29 is 14.6 Å². The number of nitrogens with zero attached hydrogens (tertiary/aromatic N) is 1. The van der Waals surface area contributed by atoms with Gasteiger partial charge in [-0.25, -0.2) is 0 Å². The van der Waals surface area contributed by atoms with Crippen molar-refractivity contribution in [2.24, 2.45) is 0 Å². The number of morpholine rings is 1. The highest BCUT2D eigenvalue weighted by Gasteiger charge is 2.28. The van der Waals surface area contributed by atoms with Gasteiger partial charge in [-0.3, -0.25) is 4.79 Å². The molecule has 1 aliphatic heterocycles. The summed E-state index contributed by atoms with van der Waals surface area (Å²) in [5.74, 6) is 0.0419. The van der Waals surface area contributed by atoms with E-state index in [-0.39, 0.29) is 18.6 Å². The SMILES string of the molecule is Cc1ccc(CN2CCOC(CCCO)C2=O)cc1. The van der Waals surface area contributed by atoms with Gasteiger partial charge in [-0.2, -0.15) is 0 Å². The normalized spacial score (nSPS) is 19.8. The molecule has 4 nitrogen and oxygen atoms in total. The molecule has 0 spiro atoms. The molecule has 104 valence electrons. The van der Waals surface area contributed by atoms with Crippen molar-refractivity contribution in [2.45, 2.75) is 32.4 Å². The van der Waals surface area contributed by atoms with E-state index in [1.165, 1.54) is 5.56 Å². The van der Waals surface area contributed by atoms with E-state index in [2.05, 4.69) is 31.2 Å². The summed E-state index contributed by atoms with van der Waals surface area (Å²) in [7, 11) is 0. The van der Waals surface area contributed by atoms with E-state index >= 15 is 0 Å². The van der Waals surface area contributed by atoms with Gasteiger partial charge in [0.2, 0.25) is 0 Å². The molecule has 1 aromatic rings. The highest BCUT2D eigenvalue weighted by atomic mass is 16.5. The lowest BCUT2D eigenvalue weighted by molar-refractivity contribution is -0.154. The lowest BCUT2D eigenvalue weighted by atomic mass is 10.1. The van der Waals surface area contributed by atoms with Crippen LogP contribution in [0.15, 0.2) is 24.3 Å². The number of aryl methyl sites for hydroxylation is 1. The van der Waals surface area contributed by atoms with Crippen molar-refractivity contribution in [3.05, 3.63) is 35.4 Å². The Bertz CT molecular complexity index is 416. The van der Waals surface area contributed by atoms with E-state index in [0.29, 0.717) is 32.5 Å². The molecule has 4 heteroatoms. The number of amides is 1. The van der Waals surface area contributed by atoms with Crippen LogP contribution in [0.25, 0.3) is 0 Å². The number of benzene rings is 1. The highest BCUT2D eigenvalue weighted by molar-refractivity contribution is 5.81. The monoisotopic (exact) mass is 263 g/mol. The number of rotatable bonds is 5. The van der Waals surface area contributed by atoms with Gasteiger partial charge >= 0.3 is 0 Å². The molecular weight excluding hydrogens is 242 g/mol. The summed E-state index contributed by atoms with van der Waals surface area (Å²) in [6.45, 7) is 4.01. The molecule has 0 radical (unpaired) electrons. The Kier molecular flexibility index (Phi) is 4.93. The van der Waals surface area contributed by atoms with Gasteiger partial charge in [0, 0.05) is 19.7 Å². The summed E-state index contributed by atoms with van der Waals surface area (Å²) in [5, 5.41) is 8.83. The van der Waals surface area contributed by atoms with E-state index in [9.17, 15) is 4.79 Å². The van der Waals surface area contributed by atoms with Crippen molar-refractivity contribution in [2.75, 3.05) is 19.8 Å². The van der Waals surface area contributed by atoms with Crippen LogP contribution in [0.1, 0.15) is 24.0 Å². The van der Waals surface area contributed by atoms with Crippen LogP contribution in [0.3, 0.4) is 0 Å². The molecule has 19 heavy (non-hydrogen) atoms. The van der Waals surface area contributed by atoms with E-state index in [1.54, 1.807) is 0 Å². The van der Waals surface area contributed by atoms with Gasteiger partial charge in [-0.15, -0.1) is 0 Å². The Morgan fingerprint density at radius 2 is 2.11 bits per heavy atom. The van der Waals surface area contributed by atoms with Crippen molar-refractivity contribution in [3.63, 3.8) is 0 Å². The molecule has 0 aliphatic carbocycles. The molecule has 0 aromatic heterocycles. The fourth-order valence-corrected chi connectivity index (χ4v) is 2.24. The van der Waals surface area contributed by atoms with Crippen LogP contribution in [0.2, 0.25) is 0 Å². The molecule has 1 fully saturated rings. The van der Waals surface area contributed by atoms with Crippen LogP contribution >= 0.6 is 0 Å². The zero-order chi connectivity index (χ0) is 13.7. The van der Waals surface area contributed by atoms with Crippen LogP contribution in [0.5, 0.6) is 0 Å². The number of aliphatic hydroxyl groups is 1. The average molecular weight is 263 g/mol. The average Bonchev–Trinajstić information content (AvgIpc) is 2.42. The number of hydrogen-bond donors (Lipinski definition) is 1. The Balaban J connectivity index is 1.95. The van der Waals surface area contributed by atoms with Gasteiger partial charge in [0.1, 0.15) is 6.10 Å². The van der Waals surface area contributed by atoms with E-state index < -0.39 is 0 Å². The number of aliphatic hydroxyl groups excluding tert-OH is 1. The number of carbonyl (C=O) groups excluding carboxylic acids is 1. The lowest BCUT2D eigenvalue weighted by Crippen LogP contribution is -2.47. The summed E-state index contributed by atoms with van der Waals surface area (Å²) < 4.78 is 5.48. The predicted octanol–water partition coefficient (Wildman–Crippen LogP) is 1.49. The van der Waals surface area contributed by atoms with Crippen LogP contribution in [-0.4, -0.2) is 41.8 Å². The van der Waals surface area contributed by atoms with Gasteiger partial charge in [-0.05, 0) is 25.3 Å². The number of hydrogen-bond acceptors (Lipinski definition) is 3. The predicted molar refractivity (Wildman–Crippen MR) is 72.7 cm³/mol. The smallest absolute Gasteiger partial charge is 0.252 e. The molecule has 1 atom stereocenters. The first-order valence-corrected chi connectivity index (χ1v) is 6.77. The maximum absolute atomic E-state index is 12.2. The minimum Gasteiger partial charge on any atom is -0.396 e. The van der Waals surface area contributed by atoms with Gasteiger partial charge in [0.05, 0.1) is 6.61 Å². The molecule has 1 saturated heterocycles. The quantitative estimate of drug-likeness (QED) is 0.875. The van der Waals surface area contributed by atoms with Crippen LogP contribution in [0.4, 0.5) is 0 Å². The van der Waals surface area contributed by atoms with Gasteiger partial charge in [0.15, 0.2) is 0 Å². The minimum absolute atomic E-state index is 0.0419. The van der Waals surface area contributed by atoms with Crippen molar-refractivity contribution >= 4 is 5.91 Å². The third-order valence-electron chi connectivity index (χ3n) is 3.39. The Labute approximate surface area is 114 Å². The summed E-state index contributed by atoms with van der Waals surface area (Å²) in [6, 6.07) is 8.23. The molecule has 1 N–H and O–H groups in total. The zero-order valence-electron chi connectivity index (χ0n) is 11.3. The third kappa shape index (κ3) is 3.78. The Morgan fingerprint density at radius 1 is 1.37 bits per heavy atom. The summed E-state index contributed by atoms with van der Waals surface area (Å²) in [6.07, 6.45) is 0.820. The molecule has 0 bridgehead atoms. The Morgan fingerprint density at radius 3 is 2.79 bits per heavy atom. The number of carbonyl (C=O) groups is 1. The second-order valence-electron chi connectivity index (χ2n) is 4.97. The molecule has 1 aliphatic rings. The minimum atomic E-state index is -0.383. The van der Waals surface area contributed by atoms with Crippen LogP contribution in [0, 0.1) is 6.92 Å². The summed E-state index contributed by atoms with van der Waals surface area (Å²) >= 11 is 0. The molecule has 1 aromatic carbocycles. The molecule has 2 rings (SSSR count). The highest BCUT2D eigenvalue weighted by Crippen LogP contribution is 2.15. The topological polar surface area (TPSA) is 49.8 Å². The maximum Gasteiger partial charge on any atom is 0.252 e. The third-order valence-corrected chi connectivity index (χ3v) is 3.39. The van der Waals surface area contributed by atoms with Crippen LogP contribution < -0.4 is 0 Å². The fraction of sp³-hybridized carbons (Fsp3) is 0.533. The van der Waals surface area contributed by atoms with Crippen LogP contribution in [-0.2, 0) is 16.1 Å². The first kappa shape index (κ1) is 14.0. The maximum atomic E-state index is 12.2. The van der Waals surface area contributed by atoms with E-state index in [0.717, 1.165) is 5.56 Å². The number of ether oxygens (including phenoxy) is 1. The molecule has 1 heterocycles. The van der Waals surface area contributed by atoms with Gasteiger partial charge in [-0.1, -0.05) is 29.8 Å². The standard InChI is InChI=1S/C15H21NO3/c1-12-4-6-13(7-5-12)11-16-8-10-19-14(15(16)18)3-2-9-17/h4-7,14,17H,2-3,8-11H2,1H3. The fourth-order valence-electron chi connectivity index (χ4n) is 2.24. The van der Waals surface area contributed by atoms with Crippen molar-refractivity contribution in [3.8, 4) is 0 Å². The first-order valence-electron chi connectivity index (χ1n) is 6.77. The lowest BCUT2D eigenvalue weighted by Gasteiger charge is -2.32. The molecule has 1 amide bonds. The Hall–Kier alpha value is -1.39. The molecule has 0 saturated carbocycles. The largest absolute Gasteiger partial charge is 0.396 e. The van der Waals surface area contributed by atoms with Gasteiger partial charge < -0.3 is 14.7 Å². The molecular formula is C15H21NO3. The first-order chi connectivity index (χ1) is 9.20. The van der Waals surface area contributed by atoms with E-state index in [1.807, 2.05) is 4.90 Å². The molecule has 1 unspecified atom stereocenters. The second kappa shape index (κ2) is 6.68. The second-order valence-corrected chi connectivity index (χ2v) is 4.97.